The molecule has 0 spiro atoms. The fourth-order valence-corrected chi connectivity index (χ4v) is 4.09. The molecule has 1 aliphatic heterocycles. The van der Waals surface area contributed by atoms with Crippen LogP contribution in [0.2, 0.25) is 5.02 Å². The van der Waals surface area contributed by atoms with Gasteiger partial charge in [0.05, 0.1) is 28.6 Å². The zero-order valence-corrected chi connectivity index (χ0v) is 18.8. The minimum absolute atomic E-state index is 0.0108. The number of amides is 1. The highest BCUT2D eigenvalue weighted by Crippen LogP contribution is 2.36. The third-order valence-corrected chi connectivity index (χ3v) is 5.72. The maximum atomic E-state index is 13.6. The van der Waals surface area contributed by atoms with Crippen LogP contribution in [0.25, 0.3) is 10.9 Å². The average molecular weight is 475 g/mol. The van der Waals surface area contributed by atoms with Crippen molar-refractivity contribution in [2.24, 2.45) is 0 Å². The molecule has 1 aromatic heterocycles. The van der Waals surface area contributed by atoms with Gasteiger partial charge in [0.2, 0.25) is 5.91 Å². The van der Waals surface area contributed by atoms with Gasteiger partial charge in [-0.15, -0.1) is 0 Å². The van der Waals surface area contributed by atoms with E-state index in [-0.39, 0.29) is 23.6 Å². The Bertz CT molecular complexity index is 1160. The molecule has 2 aromatic carbocycles. The minimum Gasteiger partial charge on any atom is -0.494 e. The number of ether oxygens (including phenoxy) is 2. The predicted molar refractivity (Wildman–Crippen MR) is 123 cm³/mol. The van der Waals surface area contributed by atoms with Crippen molar-refractivity contribution in [3.05, 3.63) is 47.5 Å². The van der Waals surface area contributed by atoms with Crippen molar-refractivity contribution in [2.75, 3.05) is 31.7 Å². The highest BCUT2D eigenvalue weighted by Gasteiger charge is 2.29. The largest absolute Gasteiger partial charge is 0.494 e. The van der Waals surface area contributed by atoms with Gasteiger partial charge in [0, 0.05) is 24.4 Å². The monoisotopic (exact) mass is 474 g/mol. The first-order valence-corrected chi connectivity index (χ1v) is 11.0. The molecule has 1 saturated heterocycles. The first-order chi connectivity index (χ1) is 16.0. The summed E-state index contributed by atoms with van der Waals surface area (Å²) >= 11 is 5.92. The van der Waals surface area contributed by atoms with Crippen LogP contribution in [0.4, 0.5) is 15.9 Å². The number of likely N-dealkylation sites (tertiary alicyclic amines) is 1. The molecule has 1 atom stereocenters. The van der Waals surface area contributed by atoms with E-state index in [1.165, 1.54) is 18.5 Å². The summed E-state index contributed by atoms with van der Waals surface area (Å²) in [5, 5.41) is 13.0. The number of anilines is 2. The van der Waals surface area contributed by atoms with Crippen molar-refractivity contribution < 1.29 is 23.8 Å². The molecular formula is C23H24ClFN4O4. The Hall–Kier alpha value is -3.17. The van der Waals surface area contributed by atoms with Crippen LogP contribution in [0, 0.1) is 5.82 Å². The highest BCUT2D eigenvalue weighted by molar-refractivity contribution is 6.31. The van der Waals surface area contributed by atoms with Gasteiger partial charge >= 0.3 is 0 Å². The molecule has 0 aliphatic carbocycles. The third kappa shape index (κ3) is 5.09. The summed E-state index contributed by atoms with van der Waals surface area (Å²) in [4.78, 5) is 22.4. The second kappa shape index (κ2) is 10.2. The van der Waals surface area contributed by atoms with E-state index in [4.69, 9.17) is 21.1 Å². The lowest BCUT2D eigenvalue weighted by Gasteiger charge is -2.24. The molecule has 33 heavy (non-hydrogen) atoms. The number of aromatic nitrogens is 2. The summed E-state index contributed by atoms with van der Waals surface area (Å²) in [7, 11) is 0. The number of benzene rings is 2. The second-order valence-electron chi connectivity index (χ2n) is 7.58. The molecular weight excluding hydrogens is 451 g/mol. The van der Waals surface area contributed by atoms with Crippen LogP contribution in [0.5, 0.6) is 11.5 Å². The lowest BCUT2D eigenvalue weighted by molar-refractivity contribution is -0.135. The number of carbonyl (C=O) groups is 1. The van der Waals surface area contributed by atoms with Crippen LogP contribution < -0.4 is 14.8 Å². The summed E-state index contributed by atoms with van der Waals surface area (Å²) in [5.41, 5.74) is 1.15. The maximum absolute atomic E-state index is 13.6. The normalized spacial score (nSPS) is 15.6. The molecule has 2 heterocycles. The van der Waals surface area contributed by atoms with Crippen molar-refractivity contribution in [1.82, 2.24) is 14.9 Å². The van der Waals surface area contributed by atoms with E-state index in [0.717, 1.165) is 12.8 Å². The molecule has 1 aliphatic rings. The van der Waals surface area contributed by atoms with E-state index in [2.05, 4.69) is 15.3 Å². The Kier molecular flexibility index (Phi) is 7.10. The number of aliphatic hydroxyl groups is 1. The standard InChI is InChI=1S/C23H24ClFN4O4/c1-2-32-16-9-19-22(20(10-16)33-12-15-4-3-7-29(15)21(31)11-30)23(27-13-26-19)28-14-5-6-18(25)17(24)8-14/h5-6,8-10,13,15,30H,2-4,7,11-12H2,1H3,(H,26,27,28). The smallest absolute Gasteiger partial charge is 0.248 e. The van der Waals surface area contributed by atoms with E-state index in [9.17, 15) is 14.3 Å². The van der Waals surface area contributed by atoms with Crippen molar-refractivity contribution >= 4 is 39.9 Å². The van der Waals surface area contributed by atoms with E-state index >= 15 is 0 Å². The molecule has 1 unspecified atom stereocenters. The van der Waals surface area contributed by atoms with Crippen LogP contribution in [-0.4, -0.2) is 58.3 Å². The van der Waals surface area contributed by atoms with Gasteiger partial charge in [0.1, 0.15) is 42.7 Å². The number of aliphatic hydroxyl groups excluding tert-OH is 1. The van der Waals surface area contributed by atoms with Gasteiger partial charge in [-0.2, -0.15) is 0 Å². The van der Waals surface area contributed by atoms with Crippen molar-refractivity contribution in [3.8, 4) is 11.5 Å². The third-order valence-electron chi connectivity index (χ3n) is 5.43. The number of nitrogens with one attached hydrogen (secondary N) is 1. The number of fused-ring (bicyclic) bond motifs is 1. The topological polar surface area (TPSA) is 96.8 Å². The molecule has 3 aromatic rings. The molecule has 0 bridgehead atoms. The van der Waals surface area contributed by atoms with Gasteiger partial charge < -0.3 is 24.8 Å². The van der Waals surface area contributed by atoms with Crippen molar-refractivity contribution in [2.45, 2.75) is 25.8 Å². The Balaban J connectivity index is 1.68. The fraction of sp³-hybridized carbons (Fsp3) is 0.348. The Morgan fingerprint density at radius 1 is 1.30 bits per heavy atom. The quantitative estimate of drug-likeness (QED) is 0.510. The zero-order valence-electron chi connectivity index (χ0n) is 18.1. The van der Waals surface area contributed by atoms with E-state index in [1.54, 1.807) is 23.1 Å². The summed E-state index contributed by atoms with van der Waals surface area (Å²) < 4.78 is 25.4. The summed E-state index contributed by atoms with van der Waals surface area (Å²) in [5.74, 6) is 0.696. The molecule has 0 saturated carbocycles. The average Bonchev–Trinajstić information content (AvgIpc) is 3.28. The molecule has 10 heteroatoms. The molecule has 174 valence electrons. The molecule has 1 amide bonds. The fourth-order valence-electron chi connectivity index (χ4n) is 3.91. The van der Waals surface area contributed by atoms with Gasteiger partial charge in [-0.1, -0.05) is 11.6 Å². The second-order valence-corrected chi connectivity index (χ2v) is 7.98. The van der Waals surface area contributed by atoms with Gasteiger partial charge in [-0.25, -0.2) is 14.4 Å². The minimum atomic E-state index is -0.526. The lowest BCUT2D eigenvalue weighted by atomic mass is 10.2. The van der Waals surface area contributed by atoms with E-state index in [1.807, 2.05) is 6.92 Å². The maximum Gasteiger partial charge on any atom is 0.248 e. The number of hydrogen-bond donors (Lipinski definition) is 2. The Morgan fingerprint density at radius 2 is 2.15 bits per heavy atom. The van der Waals surface area contributed by atoms with Gasteiger partial charge in [-0.3, -0.25) is 4.79 Å². The summed E-state index contributed by atoms with van der Waals surface area (Å²) in [6.07, 6.45) is 3.04. The summed E-state index contributed by atoms with van der Waals surface area (Å²) in [6.45, 7) is 2.66. The van der Waals surface area contributed by atoms with E-state index < -0.39 is 12.4 Å². The van der Waals surface area contributed by atoms with E-state index in [0.29, 0.717) is 47.1 Å². The first-order valence-electron chi connectivity index (χ1n) is 10.7. The van der Waals surface area contributed by atoms with Crippen LogP contribution in [-0.2, 0) is 4.79 Å². The van der Waals surface area contributed by atoms with Crippen LogP contribution in [0.3, 0.4) is 0 Å². The predicted octanol–water partition coefficient (Wildman–Crippen LogP) is 3.93. The van der Waals surface area contributed by atoms with Crippen LogP contribution in [0.1, 0.15) is 19.8 Å². The Morgan fingerprint density at radius 3 is 2.91 bits per heavy atom. The lowest BCUT2D eigenvalue weighted by Crippen LogP contribution is -2.40. The number of rotatable bonds is 8. The zero-order chi connectivity index (χ0) is 23.4. The summed E-state index contributed by atoms with van der Waals surface area (Å²) in [6, 6.07) is 7.69. The van der Waals surface area contributed by atoms with Crippen LogP contribution in [0.15, 0.2) is 36.7 Å². The molecule has 8 nitrogen and oxygen atoms in total. The number of hydrogen-bond acceptors (Lipinski definition) is 7. The van der Waals surface area contributed by atoms with Crippen molar-refractivity contribution in [1.29, 1.82) is 0 Å². The molecule has 2 N–H and O–H groups in total. The Labute approximate surface area is 195 Å². The molecule has 0 radical (unpaired) electrons. The number of carbonyl (C=O) groups excluding carboxylic acids is 1. The molecule has 4 rings (SSSR count). The number of halogens is 2. The van der Waals surface area contributed by atoms with Crippen molar-refractivity contribution in [3.63, 3.8) is 0 Å². The SMILES string of the molecule is CCOc1cc(OCC2CCCN2C(=O)CO)c2c(Nc3ccc(F)c(Cl)c3)ncnc2c1. The highest BCUT2D eigenvalue weighted by atomic mass is 35.5. The first kappa shape index (κ1) is 23.0. The molecule has 1 fully saturated rings. The number of nitrogens with zero attached hydrogens (tertiary/aromatic N) is 3. The van der Waals surface area contributed by atoms with Gasteiger partial charge in [-0.05, 0) is 38.0 Å². The van der Waals surface area contributed by atoms with Crippen LogP contribution >= 0.6 is 11.6 Å². The van der Waals surface area contributed by atoms with Gasteiger partial charge in [0.15, 0.2) is 0 Å². The van der Waals surface area contributed by atoms with Gasteiger partial charge in [0.25, 0.3) is 0 Å².